The van der Waals surface area contributed by atoms with Gasteiger partial charge in [0.1, 0.15) is 5.75 Å². The Bertz CT molecular complexity index is 517. The fourth-order valence-corrected chi connectivity index (χ4v) is 2.37. The number of carboxylic acids is 1. The highest BCUT2D eigenvalue weighted by molar-refractivity contribution is 5.95. The van der Waals surface area contributed by atoms with Crippen LogP contribution in [0.2, 0.25) is 0 Å². The largest absolute Gasteiger partial charge is 0.505 e. The van der Waals surface area contributed by atoms with Gasteiger partial charge in [-0.2, -0.15) is 0 Å². The molecule has 1 aliphatic heterocycles. The van der Waals surface area contributed by atoms with Crippen LogP contribution in [0.1, 0.15) is 30.3 Å². The van der Waals surface area contributed by atoms with Crippen LogP contribution in [0.15, 0.2) is 18.3 Å². The number of pyridine rings is 1. The number of aliphatic carboxylic acids is 1. The molecule has 6 heteroatoms. The van der Waals surface area contributed by atoms with Gasteiger partial charge in [-0.15, -0.1) is 0 Å². The van der Waals surface area contributed by atoms with Gasteiger partial charge in [0.05, 0.1) is 5.41 Å². The SMILES string of the molecule is CCC1(C(=O)O)CCN(C(=O)c2ncccc2O)C1. The summed E-state index contributed by atoms with van der Waals surface area (Å²) in [5.74, 6) is -1.48. The molecule has 1 saturated heterocycles. The lowest BCUT2D eigenvalue weighted by Crippen LogP contribution is -2.36. The lowest BCUT2D eigenvalue weighted by atomic mass is 9.84. The second-order valence-electron chi connectivity index (χ2n) is 4.79. The molecule has 2 heterocycles. The third kappa shape index (κ3) is 2.25. The number of nitrogens with zero attached hydrogens (tertiary/aromatic N) is 2. The normalized spacial score (nSPS) is 22.5. The molecule has 2 N–H and O–H groups in total. The summed E-state index contributed by atoms with van der Waals surface area (Å²) in [4.78, 5) is 28.8. The van der Waals surface area contributed by atoms with E-state index in [2.05, 4.69) is 4.98 Å². The molecule has 0 aliphatic carbocycles. The van der Waals surface area contributed by atoms with Gasteiger partial charge in [-0.1, -0.05) is 6.92 Å². The van der Waals surface area contributed by atoms with E-state index in [9.17, 15) is 19.8 Å². The first-order valence-electron chi connectivity index (χ1n) is 6.17. The van der Waals surface area contributed by atoms with Crippen LogP contribution >= 0.6 is 0 Å². The van der Waals surface area contributed by atoms with Gasteiger partial charge in [0.15, 0.2) is 5.69 Å². The number of likely N-dealkylation sites (tertiary alicyclic amines) is 1. The van der Waals surface area contributed by atoms with Crippen molar-refractivity contribution in [2.45, 2.75) is 19.8 Å². The maximum absolute atomic E-state index is 12.2. The second kappa shape index (κ2) is 4.87. The summed E-state index contributed by atoms with van der Waals surface area (Å²) in [5.41, 5.74) is -0.903. The highest BCUT2D eigenvalue weighted by atomic mass is 16.4. The number of aromatic nitrogens is 1. The average molecular weight is 264 g/mol. The van der Waals surface area contributed by atoms with Crippen LogP contribution in [-0.2, 0) is 4.79 Å². The molecule has 0 bridgehead atoms. The Balaban J connectivity index is 2.20. The quantitative estimate of drug-likeness (QED) is 0.853. The molecule has 1 aromatic heterocycles. The van der Waals surface area contributed by atoms with Crippen LogP contribution in [0.25, 0.3) is 0 Å². The molecule has 2 rings (SSSR count). The Hall–Kier alpha value is -2.11. The molecule has 0 spiro atoms. The molecule has 0 saturated carbocycles. The predicted molar refractivity (Wildman–Crippen MR) is 66.8 cm³/mol. The molecule has 1 amide bonds. The van der Waals surface area contributed by atoms with Crippen LogP contribution in [0.4, 0.5) is 0 Å². The van der Waals surface area contributed by atoms with E-state index >= 15 is 0 Å². The van der Waals surface area contributed by atoms with E-state index in [1.165, 1.54) is 23.2 Å². The van der Waals surface area contributed by atoms with E-state index in [0.717, 1.165) is 0 Å². The summed E-state index contributed by atoms with van der Waals surface area (Å²) in [6.45, 7) is 2.34. The van der Waals surface area contributed by atoms with Crippen LogP contribution in [0.3, 0.4) is 0 Å². The van der Waals surface area contributed by atoms with Crippen LogP contribution in [0, 0.1) is 5.41 Å². The molecule has 0 aromatic carbocycles. The molecule has 19 heavy (non-hydrogen) atoms. The summed E-state index contributed by atoms with van der Waals surface area (Å²) in [7, 11) is 0. The van der Waals surface area contributed by atoms with E-state index in [-0.39, 0.29) is 18.0 Å². The first kappa shape index (κ1) is 13.3. The van der Waals surface area contributed by atoms with Gasteiger partial charge >= 0.3 is 5.97 Å². The van der Waals surface area contributed by atoms with E-state index in [1.807, 2.05) is 0 Å². The highest BCUT2D eigenvalue weighted by Gasteiger charge is 2.45. The summed E-state index contributed by atoms with van der Waals surface area (Å²) in [6.07, 6.45) is 2.33. The Morgan fingerprint density at radius 2 is 2.26 bits per heavy atom. The first-order valence-corrected chi connectivity index (χ1v) is 6.17. The van der Waals surface area contributed by atoms with Crippen molar-refractivity contribution < 1.29 is 19.8 Å². The fraction of sp³-hybridized carbons (Fsp3) is 0.462. The van der Waals surface area contributed by atoms with Gasteiger partial charge in [0, 0.05) is 19.3 Å². The number of hydrogen-bond donors (Lipinski definition) is 2. The number of hydrogen-bond acceptors (Lipinski definition) is 4. The molecule has 1 atom stereocenters. The summed E-state index contributed by atoms with van der Waals surface area (Å²) < 4.78 is 0. The predicted octanol–water partition coefficient (Wildman–Crippen LogP) is 1.11. The maximum Gasteiger partial charge on any atom is 0.311 e. The van der Waals surface area contributed by atoms with Crippen molar-refractivity contribution in [2.24, 2.45) is 5.41 Å². The molecule has 1 fully saturated rings. The number of carboxylic acid groups (broad SMARTS) is 1. The van der Waals surface area contributed by atoms with Crippen molar-refractivity contribution >= 4 is 11.9 Å². The summed E-state index contributed by atoms with van der Waals surface area (Å²) in [6, 6.07) is 2.92. The molecule has 1 aromatic rings. The first-order chi connectivity index (χ1) is 9.00. The lowest BCUT2D eigenvalue weighted by Gasteiger charge is -2.22. The smallest absolute Gasteiger partial charge is 0.311 e. The zero-order chi connectivity index (χ0) is 14.0. The standard InChI is InChI=1S/C13H16N2O4/c1-2-13(12(18)19)5-7-15(8-13)11(17)10-9(16)4-3-6-14-10/h3-4,6,16H,2,5,7-8H2,1H3,(H,18,19). The maximum atomic E-state index is 12.2. The number of rotatable bonds is 3. The van der Waals surface area contributed by atoms with Gasteiger partial charge < -0.3 is 15.1 Å². The molecule has 102 valence electrons. The molecular formula is C13H16N2O4. The van der Waals surface area contributed by atoms with E-state index in [0.29, 0.717) is 19.4 Å². The van der Waals surface area contributed by atoms with Crippen molar-refractivity contribution in [2.75, 3.05) is 13.1 Å². The summed E-state index contributed by atoms with van der Waals surface area (Å²) >= 11 is 0. The van der Waals surface area contributed by atoms with Gasteiger partial charge in [-0.25, -0.2) is 4.98 Å². The highest BCUT2D eigenvalue weighted by Crippen LogP contribution is 2.35. The minimum absolute atomic E-state index is 0.0280. The van der Waals surface area contributed by atoms with E-state index in [4.69, 9.17) is 0 Å². The number of carbonyl (C=O) groups excluding carboxylic acids is 1. The van der Waals surface area contributed by atoms with Gasteiger partial charge in [0.2, 0.25) is 0 Å². The van der Waals surface area contributed by atoms with Crippen molar-refractivity contribution in [3.05, 3.63) is 24.0 Å². The minimum atomic E-state index is -0.879. The number of aromatic hydroxyl groups is 1. The van der Waals surface area contributed by atoms with Gasteiger partial charge in [-0.3, -0.25) is 9.59 Å². The zero-order valence-corrected chi connectivity index (χ0v) is 10.7. The molecule has 6 nitrogen and oxygen atoms in total. The average Bonchev–Trinajstić information content (AvgIpc) is 2.84. The van der Waals surface area contributed by atoms with Gasteiger partial charge in [-0.05, 0) is 25.0 Å². The Morgan fingerprint density at radius 1 is 1.53 bits per heavy atom. The van der Waals surface area contributed by atoms with Crippen molar-refractivity contribution in [1.82, 2.24) is 9.88 Å². The van der Waals surface area contributed by atoms with E-state index < -0.39 is 17.3 Å². The van der Waals surface area contributed by atoms with Crippen molar-refractivity contribution in [3.8, 4) is 5.75 Å². The Labute approximate surface area is 110 Å². The van der Waals surface area contributed by atoms with Crippen LogP contribution in [-0.4, -0.2) is 45.1 Å². The summed E-state index contributed by atoms with van der Waals surface area (Å²) in [5, 5.41) is 18.9. The molecule has 1 unspecified atom stereocenters. The minimum Gasteiger partial charge on any atom is -0.505 e. The Kier molecular flexibility index (Phi) is 3.42. The van der Waals surface area contributed by atoms with Crippen molar-refractivity contribution in [3.63, 3.8) is 0 Å². The molecule has 0 radical (unpaired) electrons. The molecule has 1 aliphatic rings. The molecular weight excluding hydrogens is 248 g/mol. The monoisotopic (exact) mass is 264 g/mol. The number of carbonyl (C=O) groups is 2. The third-order valence-corrected chi connectivity index (χ3v) is 3.76. The van der Waals surface area contributed by atoms with Crippen LogP contribution in [0.5, 0.6) is 5.75 Å². The van der Waals surface area contributed by atoms with Crippen LogP contribution < -0.4 is 0 Å². The zero-order valence-electron chi connectivity index (χ0n) is 10.7. The second-order valence-corrected chi connectivity index (χ2v) is 4.79. The van der Waals surface area contributed by atoms with E-state index in [1.54, 1.807) is 6.92 Å². The number of amides is 1. The Morgan fingerprint density at radius 3 is 2.79 bits per heavy atom. The third-order valence-electron chi connectivity index (χ3n) is 3.76. The lowest BCUT2D eigenvalue weighted by molar-refractivity contribution is -0.148. The van der Waals surface area contributed by atoms with Crippen molar-refractivity contribution in [1.29, 1.82) is 0 Å². The topological polar surface area (TPSA) is 90.7 Å². The van der Waals surface area contributed by atoms with Gasteiger partial charge in [0.25, 0.3) is 5.91 Å². The fourth-order valence-electron chi connectivity index (χ4n) is 2.37.